The summed E-state index contributed by atoms with van der Waals surface area (Å²) < 4.78 is 5.51. The van der Waals surface area contributed by atoms with Gasteiger partial charge in [0.2, 0.25) is 0 Å². The third-order valence-electron chi connectivity index (χ3n) is 8.34. The molecule has 7 atom stereocenters. The number of carbonyl (C=O) groups excluding carboxylic acids is 1. The first-order valence-electron chi connectivity index (χ1n) is 9.89. The van der Waals surface area contributed by atoms with Crippen LogP contribution in [-0.4, -0.2) is 23.3 Å². The highest BCUT2D eigenvalue weighted by atomic mass is 16.5. The monoisotopic (exact) mass is 332 g/mol. The number of aliphatic hydroxyl groups excluding tert-OH is 1. The summed E-state index contributed by atoms with van der Waals surface area (Å²) in [6.07, 6.45) is 11.3. The Kier molecular flexibility index (Phi) is 3.87. The van der Waals surface area contributed by atoms with Crippen LogP contribution in [0.5, 0.6) is 0 Å². The summed E-state index contributed by atoms with van der Waals surface area (Å²) in [5, 5.41) is 10.5. The molecule has 3 fully saturated rings. The van der Waals surface area contributed by atoms with Crippen molar-refractivity contribution in [3.8, 4) is 0 Å². The highest BCUT2D eigenvalue weighted by molar-refractivity contribution is 5.66. The van der Waals surface area contributed by atoms with Gasteiger partial charge in [0.25, 0.3) is 0 Å². The molecule has 134 valence electrons. The van der Waals surface area contributed by atoms with E-state index in [2.05, 4.69) is 19.9 Å². The van der Waals surface area contributed by atoms with E-state index in [1.807, 2.05) is 0 Å². The molecular formula is C21H32O3. The minimum atomic E-state index is -0.147. The average molecular weight is 332 g/mol. The zero-order valence-corrected chi connectivity index (χ0v) is 15.4. The number of fused-ring (bicyclic) bond motifs is 5. The molecular weight excluding hydrogens is 300 g/mol. The van der Waals surface area contributed by atoms with Gasteiger partial charge in [0, 0.05) is 13.3 Å². The minimum Gasteiger partial charge on any atom is -0.462 e. The molecule has 4 aliphatic carbocycles. The number of hydrogen-bond donors (Lipinski definition) is 1. The average Bonchev–Trinajstić information content (AvgIpc) is 2.83. The number of allylic oxidation sites excluding steroid dienone is 1. The molecule has 3 nitrogen and oxygen atoms in total. The maximum absolute atomic E-state index is 11.3. The molecule has 4 rings (SSSR count). The first kappa shape index (κ1) is 16.6. The van der Waals surface area contributed by atoms with E-state index in [1.165, 1.54) is 26.2 Å². The van der Waals surface area contributed by atoms with Crippen LogP contribution in [0.1, 0.15) is 72.1 Å². The van der Waals surface area contributed by atoms with Crippen LogP contribution in [0.2, 0.25) is 0 Å². The van der Waals surface area contributed by atoms with Gasteiger partial charge in [-0.1, -0.05) is 25.5 Å². The van der Waals surface area contributed by atoms with E-state index in [9.17, 15) is 9.90 Å². The molecule has 4 aliphatic rings. The van der Waals surface area contributed by atoms with Crippen LogP contribution in [0.3, 0.4) is 0 Å². The van der Waals surface area contributed by atoms with Crippen LogP contribution in [0, 0.1) is 28.6 Å². The lowest BCUT2D eigenvalue weighted by atomic mass is 9.48. The third-order valence-corrected chi connectivity index (χ3v) is 8.34. The molecule has 0 aromatic carbocycles. The molecule has 0 heterocycles. The summed E-state index contributed by atoms with van der Waals surface area (Å²) in [6, 6.07) is 0. The van der Waals surface area contributed by atoms with Crippen LogP contribution in [0.15, 0.2) is 11.6 Å². The molecule has 1 N–H and O–H groups in total. The molecule has 0 aromatic rings. The quantitative estimate of drug-likeness (QED) is 0.577. The topological polar surface area (TPSA) is 46.5 Å². The van der Waals surface area contributed by atoms with Crippen molar-refractivity contribution in [3.63, 3.8) is 0 Å². The van der Waals surface area contributed by atoms with E-state index in [0.717, 1.165) is 43.9 Å². The number of hydrogen-bond acceptors (Lipinski definition) is 3. The Morgan fingerprint density at radius 3 is 2.71 bits per heavy atom. The Morgan fingerprint density at radius 1 is 1.17 bits per heavy atom. The minimum absolute atomic E-state index is 0.0838. The summed E-state index contributed by atoms with van der Waals surface area (Å²) in [7, 11) is 0. The Hall–Kier alpha value is -0.830. The van der Waals surface area contributed by atoms with Crippen molar-refractivity contribution >= 4 is 5.97 Å². The van der Waals surface area contributed by atoms with Crippen molar-refractivity contribution in [1.82, 2.24) is 0 Å². The lowest BCUT2D eigenvalue weighted by Gasteiger charge is -2.57. The number of esters is 1. The number of aliphatic hydroxyl groups is 1. The Morgan fingerprint density at radius 2 is 1.96 bits per heavy atom. The van der Waals surface area contributed by atoms with Gasteiger partial charge in [-0.3, -0.25) is 4.79 Å². The molecule has 3 saturated carbocycles. The van der Waals surface area contributed by atoms with E-state index in [4.69, 9.17) is 4.74 Å². The summed E-state index contributed by atoms with van der Waals surface area (Å²) >= 11 is 0. The first-order valence-corrected chi connectivity index (χ1v) is 9.89. The van der Waals surface area contributed by atoms with Gasteiger partial charge in [-0.05, 0) is 73.5 Å². The van der Waals surface area contributed by atoms with E-state index in [-0.39, 0.29) is 29.0 Å². The van der Waals surface area contributed by atoms with Crippen molar-refractivity contribution < 1.29 is 14.6 Å². The Labute approximate surface area is 145 Å². The molecule has 0 aromatic heterocycles. The smallest absolute Gasteiger partial charge is 0.302 e. The van der Waals surface area contributed by atoms with Crippen molar-refractivity contribution in [2.45, 2.75) is 84.3 Å². The number of rotatable bonds is 1. The van der Waals surface area contributed by atoms with Gasteiger partial charge in [0.1, 0.15) is 6.10 Å². The molecule has 24 heavy (non-hydrogen) atoms. The van der Waals surface area contributed by atoms with E-state index in [0.29, 0.717) is 5.92 Å². The van der Waals surface area contributed by atoms with Gasteiger partial charge in [-0.2, -0.15) is 0 Å². The lowest BCUT2D eigenvalue weighted by molar-refractivity contribution is -0.148. The fourth-order valence-electron chi connectivity index (χ4n) is 6.94. The van der Waals surface area contributed by atoms with Gasteiger partial charge >= 0.3 is 5.97 Å². The molecule has 0 saturated heterocycles. The highest BCUT2D eigenvalue weighted by Crippen LogP contribution is 2.64. The number of carbonyl (C=O) groups is 1. The summed E-state index contributed by atoms with van der Waals surface area (Å²) in [6.45, 7) is 6.32. The molecule has 0 radical (unpaired) electrons. The number of ether oxygens (including phenoxy) is 1. The van der Waals surface area contributed by atoms with Crippen molar-refractivity contribution in [1.29, 1.82) is 0 Å². The largest absolute Gasteiger partial charge is 0.462 e. The van der Waals surface area contributed by atoms with Crippen LogP contribution in [0.4, 0.5) is 0 Å². The first-order chi connectivity index (χ1) is 11.3. The van der Waals surface area contributed by atoms with Gasteiger partial charge in [0.15, 0.2) is 0 Å². The van der Waals surface area contributed by atoms with Crippen molar-refractivity contribution in [3.05, 3.63) is 11.6 Å². The Balaban J connectivity index is 1.59. The second kappa shape index (κ2) is 5.59. The zero-order chi connectivity index (χ0) is 17.1. The van der Waals surface area contributed by atoms with Crippen LogP contribution >= 0.6 is 0 Å². The Bertz CT molecular complexity index is 567. The lowest BCUT2D eigenvalue weighted by Crippen LogP contribution is -2.51. The maximum Gasteiger partial charge on any atom is 0.302 e. The second-order valence-electron chi connectivity index (χ2n) is 9.37. The molecule has 4 unspecified atom stereocenters. The zero-order valence-electron chi connectivity index (χ0n) is 15.4. The van der Waals surface area contributed by atoms with Crippen LogP contribution < -0.4 is 0 Å². The summed E-state index contributed by atoms with van der Waals surface area (Å²) in [4.78, 5) is 11.3. The van der Waals surface area contributed by atoms with Gasteiger partial charge in [-0.25, -0.2) is 0 Å². The maximum atomic E-state index is 11.3. The summed E-state index contributed by atoms with van der Waals surface area (Å²) in [5.41, 5.74) is 1.98. The van der Waals surface area contributed by atoms with Crippen molar-refractivity contribution in [2.75, 3.05) is 0 Å². The summed E-state index contributed by atoms with van der Waals surface area (Å²) in [5.74, 6) is 2.03. The SMILES string of the molecule is CC(=O)OC1CC[C@@]2(C)C(=CCC3C2CC[C@@]2(C)C3CC[C@@H]2O)C1. The predicted octanol–water partition coefficient (Wildman–Crippen LogP) is 4.24. The van der Waals surface area contributed by atoms with Gasteiger partial charge in [0.05, 0.1) is 6.10 Å². The molecule has 3 heteroatoms. The molecule has 0 spiro atoms. The van der Waals surface area contributed by atoms with E-state index >= 15 is 0 Å². The fourth-order valence-corrected chi connectivity index (χ4v) is 6.94. The molecule has 0 amide bonds. The molecule has 0 aliphatic heterocycles. The second-order valence-corrected chi connectivity index (χ2v) is 9.37. The van der Waals surface area contributed by atoms with Gasteiger partial charge in [-0.15, -0.1) is 0 Å². The normalized spacial score (nSPS) is 50.3. The molecule has 0 bridgehead atoms. The van der Waals surface area contributed by atoms with Gasteiger partial charge < -0.3 is 9.84 Å². The predicted molar refractivity (Wildman–Crippen MR) is 93.3 cm³/mol. The van der Waals surface area contributed by atoms with E-state index < -0.39 is 0 Å². The van der Waals surface area contributed by atoms with Crippen LogP contribution in [-0.2, 0) is 9.53 Å². The third kappa shape index (κ3) is 2.30. The fraction of sp³-hybridized carbons (Fsp3) is 0.857. The van der Waals surface area contributed by atoms with Crippen molar-refractivity contribution in [2.24, 2.45) is 28.6 Å². The highest BCUT2D eigenvalue weighted by Gasteiger charge is 2.58. The van der Waals surface area contributed by atoms with Crippen LogP contribution in [0.25, 0.3) is 0 Å². The standard InChI is InChI=1S/C21H32O3/c1-13(22)24-15-8-10-20(2)14(12-15)4-5-16-17-6-7-19(23)21(17,3)11-9-18(16)20/h4,15-19,23H,5-12H2,1-3H3/t15?,16?,17?,18?,19-,20-,21-/m0/s1. The van der Waals surface area contributed by atoms with E-state index in [1.54, 1.807) is 5.57 Å².